The minimum absolute atomic E-state index is 0.111. The lowest BCUT2D eigenvalue weighted by Crippen LogP contribution is -2.25. The molecule has 0 atom stereocenters. The van der Waals surface area contributed by atoms with Crippen LogP contribution in [0.5, 0.6) is 0 Å². The third-order valence-corrected chi connectivity index (χ3v) is 3.63. The number of carbonyl (C=O) groups is 1. The quantitative estimate of drug-likeness (QED) is 0.873. The molecule has 0 radical (unpaired) electrons. The molecule has 0 aliphatic rings. The van der Waals surface area contributed by atoms with E-state index in [-0.39, 0.29) is 11.8 Å². The third-order valence-electron chi connectivity index (χ3n) is 2.79. The van der Waals surface area contributed by atoms with Crippen LogP contribution in [0.15, 0.2) is 18.2 Å². The SMILES string of the molecule is CC(C)c1cccc(C(C)C)c1NS(=O)(=O)OC(N)=O. The van der Waals surface area contributed by atoms with Crippen molar-refractivity contribution in [2.75, 3.05) is 4.72 Å². The second kappa shape index (κ2) is 6.13. The Labute approximate surface area is 119 Å². The van der Waals surface area contributed by atoms with E-state index >= 15 is 0 Å². The van der Waals surface area contributed by atoms with Crippen LogP contribution in [-0.2, 0) is 14.5 Å². The molecule has 3 N–H and O–H groups in total. The average molecular weight is 300 g/mol. The fraction of sp³-hybridized carbons (Fsp3) is 0.462. The minimum atomic E-state index is -4.27. The lowest BCUT2D eigenvalue weighted by molar-refractivity contribution is 0.213. The number of rotatable bonds is 5. The standard InChI is InChI=1S/C13H20N2O4S/c1-8(2)10-6-5-7-11(9(3)4)12(10)15-20(17,18)19-13(14)16/h5-9,15H,1-4H3,(H2,14,16). The lowest BCUT2D eigenvalue weighted by atomic mass is 9.93. The van der Waals surface area contributed by atoms with Gasteiger partial charge in [-0.3, -0.25) is 4.72 Å². The maximum Gasteiger partial charge on any atom is 0.421 e. The molecule has 0 heterocycles. The summed E-state index contributed by atoms with van der Waals surface area (Å²) >= 11 is 0. The van der Waals surface area contributed by atoms with Gasteiger partial charge in [-0.15, -0.1) is 0 Å². The Kier molecular flexibility index (Phi) is 4.99. The van der Waals surface area contributed by atoms with Crippen molar-refractivity contribution in [2.45, 2.75) is 39.5 Å². The Bertz CT molecular complexity index is 568. The summed E-state index contributed by atoms with van der Waals surface area (Å²) in [6.45, 7) is 7.80. The van der Waals surface area contributed by atoms with Crippen LogP contribution < -0.4 is 10.5 Å². The highest BCUT2D eigenvalue weighted by molar-refractivity contribution is 7.88. The van der Waals surface area contributed by atoms with Crippen LogP contribution >= 0.6 is 0 Å². The molecule has 6 nitrogen and oxygen atoms in total. The van der Waals surface area contributed by atoms with E-state index in [0.717, 1.165) is 11.1 Å². The van der Waals surface area contributed by atoms with E-state index in [4.69, 9.17) is 5.73 Å². The van der Waals surface area contributed by atoms with Gasteiger partial charge in [-0.05, 0) is 23.0 Å². The van der Waals surface area contributed by atoms with E-state index in [2.05, 4.69) is 8.91 Å². The molecule has 0 aliphatic heterocycles. The summed E-state index contributed by atoms with van der Waals surface area (Å²) in [5.74, 6) is 0.222. The predicted octanol–water partition coefficient (Wildman–Crippen LogP) is 2.69. The fourth-order valence-electron chi connectivity index (χ4n) is 1.92. The van der Waals surface area contributed by atoms with Crippen molar-refractivity contribution in [1.29, 1.82) is 0 Å². The molecule has 0 aliphatic carbocycles. The molecule has 0 spiro atoms. The van der Waals surface area contributed by atoms with Crippen molar-refractivity contribution in [3.05, 3.63) is 29.3 Å². The van der Waals surface area contributed by atoms with Crippen LogP contribution in [0.25, 0.3) is 0 Å². The van der Waals surface area contributed by atoms with Gasteiger partial charge in [-0.2, -0.15) is 8.42 Å². The largest absolute Gasteiger partial charge is 0.421 e. The van der Waals surface area contributed by atoms with Gasteiger partial charge >= 0.3 is 16.4 Å². The number of hydrogen-bond acceptors (Lipinski definition) is 4. The number of nitrogens with one attached hydrogen (secondary N) is 1. The molecule has 20 heavy (non-hydrogen) atoms. The van der Waals surface area contributed by atoms with Crippen molar-refractivity contribution in [2.24, 2.45) is 5.73 Å². The third kappa shape index (κ3) is 4.12. The first-order valence-electron chi connectivity index (χ1n) is 6.28. The summed E-state index contributed by atoms with van der Waals surface area (Å²) in [6, 6.07) is 5.54. The van der Waals surface area contributed by atoms with E-state index in [1.54, 1.807) is 0 Å². The molecule has 0 saturated heterocycles. The van der Waals surface area contributed by atoms with Gasteiger partial charge in [0.15, 0.2) is 0 Å². The first-order chi connectivity index (χ1) is 9.14. The van der Waals surface area contributed by atoms with Crippen LogP contribution in [0.2, 0.25) is 0 Å². The molecule has 1 rings (SSSR count). The lowest BCUT2D eigenvalue weighted by Gasteiger charge is -2.20. The van der Waals surface area contributed by atoms with Crippen molar-refractivity contribution in [3.8, 4) is 0 Å². The number of anilines is 1. The number of primary amides is 1. The van der Waals surface area contributed by atoms with E-state index in [1.807, 2.05) is 45.9 Å². The Morgan fingerprint density at radius 3 is 1.95 bits per heavy atom. The van der Waals surface area contributed by atoms with Crippen LogP contribution in [0.4, 0.5) is 10.5 Å². The molecule has 7 heteroatoms. The molecular weight excluding hydrogens is 280 g/mol. The molecule has 1 aromatic rings. The summed E-state index contributed by atoms with van der Waals surface area (Å²) in [4.78, 5) is 10.6. The number of amides is 1. The van der Waals surface area contributed by atoms with Crippen molar-refractivity contribution in [1.82, 2.24) is 0 Å². The predicted molar refractivity (Wildman–Crippen MR) is 77.8 cm³/mol. The van der Waals surface area contributed by atoms with Gasteiger partial charge < -0.3 is 9.92 Å². The number of carbonyl (C=O) groups excluding carboxylic acids is 1. The highest BCUT2D eigenvalue weighted by Gasteiger charge is 2.21. The highest BCUT2D eigenvalue weighted by Crippen LogP contribution is 2.33. The molecule has 1 amide bonds. The van der Waals surface area contributed by atoms with E-state index in [0.29, 0.717) is 5.69 Å². The Balaban J connectivity index is 3.31. The molecule has 112 valence electrons. The maximum absolute atomic E-state index is 11.7. The zero-order valence-corrected chi connectivity index (χ0v) is 12.8. The van der Waals surface area contributed by atoms with Gasteiger partial charge in [-0.1, -0.05) is 45.9 Å². The minimum Gasteiger partial charge on any atom is -0.334 e. The number of para-hydroxylation sites is 1. The normalized spacial score (nSPS) is 11.7. The molecular formula is C13H20N2O4S. The van der Waals surface area contributed by atoms with Gasteiger partial charge in [0.05, 0.1) is 5.69 Å². The van der Waals surface area contributed by atoms with Gasteiger partial charge in [-0.25, -0.2) is 4.79 Å². The topological polar surface area (TPSA) is 98.5 Å². The van der Waals surface area contributed by atoms with Crippen LogP contribution in [-0.4, -0.2) is 14.5 Å². The van der Waals surface area contributed by atoms with E-state index in [9.17, 15) is 13.2 Å². The molecule has 0 saturated carbocycles. The Morgan fingerprint density at radius 2 is 1.60 bits per heavy atom. The highest BCUT2D eigenvalue weighted by atomic mass is 32.2. The number of nitrogens with two attached hydrogens (primary N) is 1. The van der Waals surface area contributed by atoms with Crippen molar-refractivity contribution in [3.63, 3.8) is 0 Å². The van der Waals surface area contributed by atoms with Gasteiger partial charge in [0, 0.05) is 0 Å². The van der Waals surface area contributed by atoms with Crippen LogP contribution in [0.3, 0.4) is 0 Å². The van der Waals surface area contributed by atoms with E-state index in [1.165, 1.54) is 0 Å². The van der Waals surface area contributed by atoms with Gasteiger partial charge in [0.2, 0.25) is 0 Å². The molecule has 0 fully saturated rings. The summed E-state index contributed by atoms with van der Waals surface area (Å²) in [7, 11) is -4.27. The smallest absolute Gasteiger partial charge is 0.334 e. The summed E-state index contributed by atoms with van der Waals surface area (Å²) in [6.07, 6.45) is -1.37. The van der Waals surface area contributed by atoms with Crippen LogP contribution in [0.1, 0.15) is 50.7 Å². The first-order valence-corrected chi connectivity index (χ1v) is 7.69. The first kappa shape index (κ1) is 16.3. The monoisotopic (exact) mass is 300 g/mol. The van der Waals surface area contributed by atoms with Gasteiger partial charge in [0.1, 0.15) is 0 Å². The average Bonchev–Trinajstić information content (AvgIpc) is 2.25. The Hall–Kier alpha value is -1.76. The molecule has 0 aromatic heterocycles. The van der Waals surface area contributed by atoms with E-state index < -0.39 is 16.4 Å². The maximum atomic E-state index is 11.7. The second-order valence-corrected chi connectivity index (χ2v) is 6.36. The van der Waals surface area contributed by atoms with Gasteiger partial charge in [0.25, 0.3) is 0 Å². The summed E-state index contributed by atoms with van der Waals surface area (Å²) in [5, 5.41) is 0. The zero-order chi connectivity index (χ0) is 15.5. The molecule has 0 unspecified atom stereocenters. The fourth-order valence-corrected chi connectivity index (χ4v) is 2.67. The Morgan fingerprint density at radius 1 is 1.15 bits per heavy atom. The summed E-state index contributed by atoms with van der Waals surface area (Å²) in [5.41, 5.74) is 6.84. The van der Waals surface area contributed by atoms with Crippen LogP contribution in [0, 0.1) is 0 Å². The second-order valence-electron chi connectivity index (χ2n) is 5.08. The number of benzene rings is 1. The van der Waals surface area contributed by atoms with Crippen molar-refractivity contribution >= 4 is 22.1 Å². The number of hydrogen-bond donors (Lipinski definition) is 2. The molecule has 1 aromatic carbocycles. The summed E-state index contributed by atoms with van der Waals surface area (Å²) < 4.78 is 29.9. The molecule has 0 bridgehead atoms. The zero-order valence-electron chi connectivity index (χ0n) is 12.0. The van der Waals surface area contributed by atoms with Crippen molar-refractivity contribution < 1.29 is 17.4 Å².